The largest absolute Gasteiger partial charge is 0.493 e. The summed E-state index contributed by atoms with van der Waals surface area (Å²) in [6, 6.07) is 0. The van der Waals surface area contributed by atoms with Gasteiger partial charge >= 0.3 is 5.97 Å². The number of allylic oxidation sites excluding steroid dienone is 4. The van der Waals surface area contributed by atoms with Gasteiger partial charge in [0.2, 0.25) is 5.78 Å². The Kier molecular flexibility index (Phi) is 3.23. The standard InChI is InChI=1S/C10H10O4/c1-14-9-6-7(2-4-8(9)11)3-5-10(12)13/h2-4,6H,5H2,1H3,(H,12,13)/b7-3-. The normalized spacial score (nSPS) is 18.2. The number of carbonyl (C=O) groups is 2. The molecule has 0 aromatic heterocycles. The first-order valence-electron chi connectivity index (χ1n) is 4.03. The number of carbonyl (C=O) groups excluding carboxylic acids is 1. The Morgan fingerprint density at radius 2 is 2.29 bits per heavy atom. The average Bonchev–Trinajstić information content (AvgIpc) is 2.16. The molecule has 0 heterocycles. The highest BCUT2D eigenvalue weighted by Crippen LogP contribution is 2.13. The first-order valence-corrected chi connectivity index (χ1v) is 4.03. The highest BCUT2D eigenvalue weighted by molar-refractivity contribution is 6.04. The number of methoxy groups -OCH3 is 1. The molecule has 1 N–H and O–H groups in total. The molecule has 0 spiro atoms. The van der Waals surface area contributed by atoms with E-state index in [-0.39, 0.29) is 18.0 Å². The summed E-state index contributed by atoms with van der Waals surface area (Å²) in [7, 11) is 1.40. The number of ketones is 1. The lowest BCUT2D eigenvalue weighted by Gasteiger charge is -2.06. The lowest BCUT2D eigenvalue weighted by molar-refractivity contribution is -0.136. The van der Waals surface area contributed by atoms with E-state index in [0.717, 1.165) is 0 Å². The van der Waals surface area contributed by atoms with E-state index in [2.05, 4.69) is 0 Å². The van der Waals surface area contributed by atoms with Crippen LogP contribution in [0.4, 0.5) is 0 Å². The maximum atomic E-state index is 11.1. The number of hydrogen-bond acceptors (Lipinski definition) is 3. The molecular formula is C10H10O4. The fourth-order valence-electron chi connectivity index (χ4n) is 1.02. The van der Waals surface area contributed by atoms with E-state index < -0.39 is 5.97 Å². The minimum Gasteiger partial charge on any atom is -0.493 e. The highest BCUT2D eigenvalue weighted by atomic mass is 16.5. The monoisotopic (exact) mass is 194 g/mol. The maximum Gasteiger partial charge on any atom is 0.307 e. The predicted molar refractivity (Wildman–Crippen MR) is 49.6 cm³/mol. The van der Waals surface area contributed by atoms with Gasteiger partial charge in [-0.15, -0.1) is 0 Å². The Labute approximate surface area is 81.2 Å². The summed E-state index contributed by atoms with van der Waals surface area (Å²) in [4.78, 5) is 21.4. The molecule has 14 heavy (non-hydrogen) atoms. The van der Waals surface area contributed by atoms with Gasteiger partial charge in [0.25, 0.3) is 0 Å². The van der Waals surface area contributed by atoms with Gasteiger partial charge in [-0.3, -0.25) is 9.59 Å². The zero-order valence-electron chi connectivity index (χ0n) is 7.69. The van der Waals surface area contributed by atoms with Gasteiger partial charge in [0.1, 0.15) is 0 Å². The van der Waals surface area contributed by atoms with Gasteiger partial charge in [-0.2, -0.15) is 0 Å². The first kappa shape index (κ1) is 10.2. The van der Waals surface area contributed by atoms with Crippen LogP contribution in [-0.2, 0) is 14.3 Å². The van der Waals surface area contributed by atoms with Gasteiger partial charge in [0.05, 0.1) is 13.5 Å². The van der Waals surface area contributed by atoms with Crippen LogP contribution in [0.1, 0.15) is 6.42 Å². The number of rotatable bonds is 3. The van der Waals surface area contributed by atoms with Crippen molar-refractivity contribution in [3.8, 4) is 0 Å². The smallest absolute Gasteiger partial charge is 0.307 e. The van der Waals surface area contributed by atoms with Crippen molar-refractivity contribution in [3.63, 3.8) is 0 Å². The van der Waals surface area contributed by atoms with Crippen molar-refractivity contribution in [2.75, 3.05) is 7.11 Å². The summed E-state index contributed by atoms with van der Waals surface area (Å²) in [5, 5.41) is 8.43. The Hall–Kier alpha value is -1.84. The molecule has 0 aromatic rings. The fraction of sp³-hybridized carbons (Fsp3) is 0.200. The molecule has 4 heteroatoms. The summed E-state index contributed by atoms with van der Waals surface area (Å²) >= 11 is 0. The molecule has 1 aliphatic rings. The van der Waals surface area contributed by atoms with Crippen LogP contribution in [0.5, 0.6) is 0 Å². The van der Waals surface area contributed by atoms with Crippen molar-refractivity contribution < 1.29 is 19.4 Å². The van der Waals surface area contributed by atoms with Crippen LogP contribution in [0.25, 0.3) is 0 Å². The van der Waals surface area contributed by atoms with E-state index in [1.165, 1.54) is 25.3 Å². The van der Waals surface area contributed by atoms with Crippen LogP contribution in [0, 0.1) is 0 Å². The second-order valence-electron chi connectivity index (χ2n) is 2.71. The molecule has 0 fully saturated rings. The Morgan fingerprint density at radius 1 is 1.57 bits per heavy atom. The van der Waals surface area contributed by atoms with E-state index in [1.807, 2.05) is 0 Å². The van der Waals surface area contributed by atoms with E-state index in [9.17, 15) is 9.59 Å². The van der Waals surface area contributed by atoms with E-state index in [1.54, 1.807) is 6.08 Å². The van der Waals surface area contributed by atoms with Crippen molar-refractivity contribution in [2.45, 2.75) is 6.42 Å². The first-order chi connectivity index (χ1) is 6.63. The van der Waals surface area contributed by atoms with E-state index >= 15 is 0 Å². The van der Waals surface area contributed by atoms with Crippen LogP contribution >= 0.6 is 0 Å². The van der Waals surface area contributed by atoms with Crippen LogP contribution < -0.4 is 0 Å². The molecular weight excluding hydrogens is 184 g/mol. The Morgan fingerprint density at radius 3 is 2.86 bits per heavy atom. The summed E-state index contributed by atoms with van der Waals surface area (Å²) in [5.41, 5.74) is 0.670. The number of carboxylic acids is 1. The third kappa shape index (κ3) is 2.58. The molecule has 0 aromatic carbocycles. The molecule has 0 bridgehead atoms. The van der Waals surface area contributed by atoms with E-state index in [4.69, 9.17) is 9.84 Å². The SMILES string of the molecule is COC1=C/C(=C\CC(=O)O)C=CC1=O. The van der Waals surface area contributed by atoms with Gasteiger partial charge in [-0.1, -0.05) is 12.2 Å². The lowest BCUT2D eigenvalue weighted by Crippen LogP contribution is -2.05. The minimum atomic E-state index is -0.907. The van der Waals surface area contributed by atoms with Gasteiger partial charge in [-0.25, -0.2) is 0 Å². The van der Waals surface area contributed by atoms with Gasteiger partial charge < -0.3 is 9.84 Å². The molecule has 4 nitrogen and oxygen atoms in total. The van der Waals surface area contributed by atoms with Gasteiger partial charge in [0, 0.05) is 0 Å². The topological polar surface area (TPSA) is 63.6 Å². The van der Waals surface area contributed by atoms with Crippen LogP contribution in [-0.4, -0.2) is 24.0 Å². The average molecular weight is 194 g/mol. The quantitative estimate of drug-likeness (QED) is 0.729. The molecule has 74 valence electrons. The molecule has 0 amide bonds. The van der Waals surface area contributed by atoms with Crippen molar-refractivity contribution in [1.82, 2.24) is 0 Å². The third-order valence-corrected chi connectivity index (χ3v) is 1.70. The van der Waals surface area contributed by atoms with Crippen molar-refractivity contribution in [3.05, 3.63) is 35.6 Å². The Balaban J connectivity index is 2.78. The maximum absolute atomic E-state index is 11.1. The number of ether oxygens (including phenoxy) is 1. The molecule has 0 atom stereocenters. The van der Waals surface area contributed by atoms with Crippen molar-refractivity contribution >= 4 is 11.8 Å². The summed E-state index contributed by atoms with van der Waals surface area (Å²) < 4.78 is 4.81. The Bertz CT molecular complexity index is 347. The molecule has 0 aliphatic heterocycles. The third-order valence-electron chi connectivity index (χ3n) is 1.70. The summed E-state index contributed by atoms with van der Waals surface area (Å²) in [6.45, 7) is 0. The molecule has 0 saturated carbocycles. The number of carboxylic acid groups (broad SMARTS) is 1. The molecule has 1 aliphatic carbocycles. The zero-order chi connectivity index (χ0) is 10.6. The molecule has 0 unspecified atom stereocenters. The van der Waals surface area contributed by atoms with Gasteiger partial charge in [0.15, 0.2) is 5.76 Å². The summed E-state index contributed by atoms with van der Waals surface area (Å²) in [6.07, 6.45) is 5.89. The zero-order valence-corrected chi connectivity index (χ0v) is 7.69. The second kappa shape index (κ2) is 4.41. The number of hydrogen-bond donors (Lipinski definition) is 1. The van der Waals surface area contributed by atoms with Crippen LogP contribution in [0.3, 0.4) is 0 Å². The summed E-state index contributed by atoms with van der Waals surface area (Å²) in [5.74, 6) is -0.890. The minimum absolute atomic E-state index is 0.0681. The molecule has 1 rings (SSSR count). The van der Waals surface area contributed by atoms with E-state index in [0.29, 0.717) is 5.57 Å². The highest BCUT2D eigenvalue weighted by Gasteiger charge is 2.10. The predicted octanol–water partition coefficient (Wildman–Crippen LogP) is 1.06. The molecule has 0 radical (unpaired) electrons. The fourth-order valence-corrected chi connectivity index (χ4v) is 1.02. The number of aliphatic carboxylic acids is 1. The molecule has 0 saturated heterocycles. The van der Waals surface area contributed by atoms with Crippen LogP contribution in [0.2, 0.25) is 0 Å². The van der Waals surface area contributed by atoms with Crippen molar-refractivity contribution in [1.29, 1.82) is 0 Å². The van der Waals surface area contributed by atoms with Gasteiger partial charge in [-0.05, 0) is 17.7 Å². The van der Waals surface area contributed by atoms with Crippen LogP contribution in [0.15, 0.2) is 35.6 Å². The lowest BCUT2D eigenvalue weighted by atomic mass is 10.1. The van der Waals surface area contributed by atoms with Crippen molar-refractivity contribution in [2.24, 2.45) is 0 Å². The second-order valence-corrected chi connectivity index (χ2v) is 2.71.